The first-order chi connectivity index (χ1) is 20.4. The maximum Gasteiger partial charge on any atom is 0.453 e. The summed E-state index contributed by atoms with van der Waals surface area (Å²) in [5, 5.41) is 20.1. The van der Waals surface area contributed by atoms with Crippen LogP contribution in [0.3, 0.4) is 0 Å². The van der Waals surface area contributed by atoms with Crippen LogP contribution in [0.1, 0.15) is 87.3 Å². The van der Waals surface area contributed by atoms with Crippen LogP contribution in [0.4, 0.5) is 22.0 Å². The predicted molar refractivity (Wildman–Crippen MR) is 164 cm³/mol. The van der Waals surface area contributed by atoms with Gasteiger partial charge in [0, 0.05) is 6.42 Å². The molecule has 0 heterocycles. The van der Waals surface area contributed by atoms with Gasteiger partial charge in [0.1, 0.15) is 23.0 Å². The first kappa shape index (κ1) is 35.2. The second-order valence-corrected chi connectivity index (χ2v) is 13.2. The fourth-order valence-electron chi connectivity index (χ4n) is 5.64. The third-order valence-electron chi connectivity index (χ3n) is 8.00. The molecule has 0 amide bonds. The summed E-state index contributed by atoms with van der Waals surface area (Å²) < 4.78 is 74.5. The van der Waals surface area contributed by atoms with E-state index >= 15 is 0 Å². The Labute approximate surface area is 255 Å². The quantitative estimate of drug-likeness (QED) is 0.104. The summed E-state index contributed by atoms with van der Waals surface area (Å²) in [4.78, 5) is 2.21. The van der Waals surface area contributed by atoms with Gasteiger partial charge in [-0.1, -0.05) is 42.2 Å². The zero-order valence-corrected chi connectivity index (χ0v) is 25.7. The minimum atomic E-state index is -5.55. The highest BCUT2D eigenvalue weighted by Gasteiger charge is 2.56. The molecule has 0 aromatic heterocycles. The maximum absolute atomic E-state index is 13.0. The highest BCUT2D eigenvalue weighted by Crippen LogP contribution is 2.41. The zero-order chi connectivity index (χ0) is 31.5. The minimum absolute atomic E-state index is 0.137. The van der Waals surface area contributed by atoms with Crippen LogP contribution in [0.25, 0.3) is 11.1 Å². The Kier molecular flexibility index (Phi) is 13.6. The summed E-state index contributed by atoms with van der Waals surface area (Å²) in [6.07, 6.45) is 2.09. The molecule has 2 aromatic carbocycles. The number of aryl methyl sites for hydroxylation is 1. The normalized spacial score (nSPS) is 15.1. The number of fused-ring (bicyclic) bond motifs is 1. The van der Waals surface area contributed by atoms with Crippen LogP contribution >= 0.6 is 0 Å². The summed E-state index contributed by atoms with van der Waals surface area (Å²) in [5.74, 6) is -4.01. The Bertz CT molecular complexity index is 1190. The van der Waals surface area contributed by atoms with Crippen molar-refractivity contribution >= 4 is 22.3 Å². The number of rotatable bonds is 17. The number of phenols is 2. The SMILES string of the molecule is CN(CCCCCCC1=C(c2cccc(O)c2)CCCc2cc(O)ccc21)CCCC[S+]([O-])CCCC(F)(F)C(F)(F)F. The van der Waals surface area contributed by atoms with E-state index in [-0.39, 0.29) is 17.3 Å². The van der Waals surface area contributed by atoms with Gasteiger partial charge in [-0.3, -0.25) is 0 Å². The highest BCUT2D eigenvalue weighted by atomic mass is 32.2. The fraction of sp³-hybridized carbons (Fsp3) is 0.576. The van der Waals surface area contributed by atoms with Crippen molar-refractivity contribution in [2.45, 2.75) is 89.1 Å². The number of aromatic hydroxyl groups is 2. The summed E-state index contributed by atoms with van der Waals surface area (Å²) in [6, 6.07) is 13.1. The number of nitrogens with zero attached hydrogens (tertiary/aromatic N) is 1. The van der Waals surface area contributed by atoms with Gasteiger partial charge in [0.25, 0.3) is 0 Å². The Balaban J connectivity index is 1.37. The molecule has 4 nitrogen and oxygen atoms in total. The number of hydrogen-bond acceptors (Lipinski definition) is 4. The number of unbranched alkanes of at least 4 members (excludes halogenated alkanes) is 4. The molecule has 1 unspecified atom stereocenters. The van der Waals surface area contributed by atoms with E-state index in [0.29, 0.717) is 12.2 Å². The molecule has 0 saturated carbocycles. The predicted octanol–water partition coefficient (Wildman–Crippen LogP) is 8.73. The Morgan fingerprint density at radius 1 is 0.814 bits per heavy atom. The molecule has 43 heavy (non-hydrogen) atoms. The standard InChI is InChI=1S/C33H44F5NO3S/c1-39(20-6-7-21-43(42)22-10-18-32(34,35)33(36,37)38)19-5-3-2-4-14-31-29(25-11-8-13-27(40)23-25)15-9-12-26-24-28(41)16-17-30(26)31/h8,11,13,16-17,23-24,40-41H,2-7,9-10,12,14-15,18-22H2,1H3. The summed E-state index contributed by atoms with van der Waals surface area (Å²) in [7, 11) is 2.03. The average Bonchev–Trinajstić information content (AvgIpc) is 3.11. The van der Waals surface area contributed by atoms with E-state index in [2.05, 4.69) is 4.90 Å². The lowest BCUT2D eigenvalue weighted by molar-refractivity contribution is -0.284. The molecular formula is C33H44F5NO3S. The fourth-order valence-corrected chi connectivity index (χ4v) is 6.84. The summed E-state index contributed by atoms with van der Waals surface area (Å²) in [5.41, 5.74) is 5.96. The molecule has 3 rings (SSSR count). The molecule has 240 valence electrons. The van der Waals surface area contributed by atoms with Crippen molar-refractivity contribution in [3.8, 4) is 11.5 Å². The number of alkyl halides is 5. The summed E-state index contributed by atoms with van der Waals surface area (Å²) >= 11 is -1.39. The zero-order valence-electron chi connectivity index (χ0n) is 24.9. The molecule has 1 aliphatic carbocycles. The van der Waals surface area contributed by atoms with E-state index in [4.69, 9.17) is 0 Å². The monoisotopic (exact) mass is 629 g/mol. The maximum atomic E-state index is 13.0. The van der Waals surface area contributed by atoms with E-state index in [9.17, 15) is 36.7 Å². The van der Waals surface area contributed by atoms with Gasteiger partial charge in [-0.15, -0.1) is 0 Å². The molecule has 0 bridgehead atoms. The molecule has 1 aliphatic rings. The molecule has 1 atom stereocenters. The van der Waals surface area contributed by atoms with Crippen LogP contribution in [0.15, 0.2) is 42.5 Å². The van der Waals surface area contributed by atoms with Crippen molar-refractivity contribution in [1.29, 1.82) is 0 Å². The van der Waals surface area contributed by atoms with Gasteiger partial charge in [-0.05, 0) is 130 Å². The molecule has 0 fully saturated rings. The van der Waals surface area contributed by atoms with Crippen LogP contribution in [0, 0.1) is 0 Å². The smallest absolute Gasteiger partial charge is 0.453 e. The first-order valence-electron chi connectivity index (χ1n) is 15.2. The Morgan fingerprint density at radius 2 is 1.49 bits per heavy atom. The van der Waals surface area contributed by atoms with Gasteiger partial charge in [0.2, 0.25) is 0 Å². The third-order valence-corrected chi connectivity index (χ3v) is 9.49. The minimum Gasteiger partial charge on any atom is -0.616 e. The number of hydrogen-bond donors (Lipinski definition) is 2. The van der Waals surface area contributed by atoms with Crippen LogP contribution in [-0.2, 0) is 17.6 Å². The van der Waals surface area contributed by atoms with Gasteiger partial charge in [-0.2, -0.15) is 22.0 Å². The molecule has 2 aromatic rings. The van der Waals surface area contributed by atoms with E-state index < -0.39 is 36.1 Å². The van der Waals surface area contributed by atoms with Gasteiger partial charge in [-0.25, -0.2) is 0 Å². The summed E-state index contributed by atoms with van der Waals surface area (Å²) in [6.45, 7) is 1.74. The van der Waals surface area contributed by atoms with E-state index in [0.717, 1.165) is 76.4 Å². The van der Waals surface area contributed by atoms with Crippen molar-refractivity contribution in [3.63, 3.8) is 0 Å². The van der Waals surface area contributed by atoms with Crippen molar-refractivity contribution in [2.24, 2.45) is 0 Å². The molecule has 0 radical (unpaired) electrons. The van der Waals surface area contributed by atoms with Gasteiger partial charge in [0.05, 0.1) is 0 Å². The van der Waals surface area contributed by atoms with E-state index in [1.807, 2.05) is 37.4 Å². The lowest BCUT2D eigenvalue weighted by Crippen LogP contribution is -2.36. The molecule has 0 aliphatic heterocycles. The largest absolute Gasteiger partial charge is 0.616 e. The first-order valence-corrected chi connectivity index (χ1v) is 16.7. The van der Waals surface area contributed by atoms with Crippen molar-refractivity contribution in [2.75, 3.05) is 31.6 Å². The van der Waals surface area contributed by atoms with Crippen molar-refractivity contribution in [1.82, 2.24) is 4.90 Å². The van der Waals surface area contributed by atoms with Crippen LogP contribution < -0.4 is 0 Å². The van der Waals surface area contributed by atoms with Gasteiger partial charge in [0.15, 0.2) is 0 Å². The van der Waals surface area contributed by atoms with E-state index in [1.165, 1.54) is 22.3 Å². The molecule has 2 N–H and O–H groups in total. The third kappa shape index (κ3) is 11.3. The molecule has 0 spiro atoms. The van der Waals surface area contributed by atoms with Crippen molar-refractivity contribution < 1.29 is 36.7 Å². The lowest BCUT2D eigenvalue weighted by Gasteiger charge is -2.20. The topological polar surface area (TPSA) is 66.8 Å². The number of benzene rings is 2. The molecule has 0 saturated heterocycles. The van der Waals surface area contributed by atoms with Crippen LogP contribution in [0.2, 0.25) is 0 Å². The van der Waals surface area contributed by atoms with Crippen LogP contribution in [-0.4, -0.2) is 63.4 Å². The van der Waals surface area contributed by atoms with Crippen molar-refractivity contribution in [3.05, 3.63) is 59.2 Å². The van der Waals surface area contributed by atoms with Gasteiger partial charge < -0.3 is 19.7 Å². The lowest BCUT2D eigenvalue weighted by atomic mass is 9.89. The molecule has 10 heteroatoms. The number of allylic oxidation sites excluding steroid dienone is 2. The Hall–Kier alpha value is -2.30. The highest BCUT2D eigenvalue weighted by molar-refractivity contribution is 7.91. The number of halogens is 5. The second kappa shape index (κ2) is 16.7. The van der Waals surface area contributed by atoms with Gasteiger partial charge >= 0.3 is 12.1 Å². The molecular weight excluding hydrogens is 585 g/mol. The van der Waals surface area contributed by atoms with Crippen LogP contribution in [0.5, 0.6) is 11.5 Å². The second-order valence-electron chi connectivity index (χ2n) is 11.5. The number of phenolic OH excluding ortho intramolecular Hbond substituents is 2. The van der Waals surface area contributed by atoms with E-state index in [1.54, 1.807) is 12.1 Å². The Morgan fingerprint density at radius 3 is 2.21 bits per heavy atom. The average molecular weight is 630 g/mol.